The number of rotatable bonds is 7. The van der Waals surface area contributed by atoms with Crippen LogP contribution in [-0.2, 0) is 11.3 Å². The van der Waals surface area contributed by atoms with Crippen LogP contribution in [0.1, 0.15) is 38.2 Å². The van der Waals surface area contributed by atoms with Crippen LogP contribution in [0.5, 0.6) is 0 Å². The van der Waals surface area contributed by atoms with Crippen molar-refractivity contribution in [3.63, 3.8) is 0 Å². The van der Waals surface area contributed by atoms with E-state index >= 15 is 0 Å². The molecule has 2 N–H and O–H groups in total. The van der Waals surface area contributed by atoms with Crippen molar-refractivity contribution in [2.45, 2.75) is 51.4 Å². The molecule has 0 bridgehead atoms. The summed E-state index contributed by atoms with van der Waals surface area (Å²) in [7, 11) is 0. The Hall–Kier alpha value is -0.840. The number of hydrogen-bond donors (Lipinski definition) is 2. The van der Waals surface area contributed by atoms with E-state index in [4.69, 9.17) is 9.15 Å². The summed E-state index contributed by atoms with van der Waals surface area (Å²) >= 11 is 0. The van der Waals surface area contributed by atoms with E-state index in [9.17, 15) is 5.11 Å². The fourth-order valence-corrected chi connectivity index (χ4v) is 2.60. The maximum atomic E-state index is 9.88. The van der Waals surface area contributed by atoms with E-state index in [1.165, 1.54) is 19.3 Å². The van der Waals surface area contributed by atoms with Gasteiger partial charge in [-0.3, -0.25) is 0 Å². The SMILES string of the molecule is CC1CCCCC1OCC(O)CNCc1ccoc1. The molecule has 0 saturated heterocycles. The number of hydrogen-bond acceptors (Lipinski definition) is 4. The molecule has 0 spiro atoms. The van der Waals surface area contributed by atoms with Gasteiger partial charge in [-0.1, -0.05) is 19.8 Å². The Morgan fingerprint density at radius 3 is 3.05 bits per heavy atom. The summed E-state index contributed by atoms with van der Waals surface area (Å²) in [6.45, 7) is 3.93. The monoisotopic (exact) mass is 267 g/mol. The quantitative estimate of drug-likeness (QED) is 0.796. The molecule has 1 aromatic rings. The number of ether oxygens (including phenoxy) is 1. The molecule has 4 nitrogen and oxygen atoms in total. The smallest absolute Gasteiger partial charge is 0.0947 e. The minimum atomic E-state index is -0.443. The fourth-order valence-electron chi connectivity index (χ4n) is 2.60. The van der Waals surface area contributed by atoms with Gasteiger partial charge in [0.25, 0.3) is 0 Å². The molecule has 1 heterocycles. The van der Waals surface area contributed by atoms with Gasteiger partial charge in [0.2, 0.25) is 0 Å². The first-order chi connectivity index (χ1) is 9.25. The Kier molecular flexibility index (Phi) is 5.89. The predicted octanol–water partition coefficient (Wildman–Crippen LogP) is 2.33. The van der Waals surface area contributed by atoms with Crippen LogP contribution in [0, 0.1) is 5.92 Å². The van der Waals surface area contributed by atoms with Crippen LogP contribution in [0.4, 0.5) is 0 Å². The molecule has 2 rings (SSSR count). The zero-order valence-electron chi connectivity index (χ0n) is 11.7. The Balaban J connectivity index is 1.57. The second-order valence-electron chi connectivity index (χ2n) is 5.55. The highest BCUT2D eigenvalue weighted by molar-refractivity contribution is 5.04. The van der Waals surface area contributed by atoms with Crippen molar-refractivity contribution in [3.8, 4) is 0 Å². The van der Waals surface area contributed by atoms with Crippen molar-refractivity contribution in [1.29, 1.82) is 0 Å². The summed E-state index contributed by atoms with van der Waals surface area (Å²) in [5.74, 6) is 0.625. The third-order valence-corrected chi connectivity index (χ3v) is 3.82. The maximum absolute atomic E-state index is 9.88. The normalized spacial score (nSPS) is 25.4. The lowest BCUT2D eigenvalue weighted by Crippen LogP contribution is -2.34. The summed E-state index contributed by atoms with van der Waals surface area (Å²) in [4.78, 5) is 0. The molecule has 1 fully saturated rings. The average molecular weight is 267 g/mol. The third-order valence-electron chi connectivity index (χ3n) is 3.82. The summed E-state index contributed by atoms with van der Waals surface area (Å²) < 4.78 is 10.8. The van der Waals surface area contributed by atoms with E-state index in [2.05, 4.69) is 12.2 Å². The number of aliphatic hydroxyl groups is 1. The highest BCUT2D eigenvalue weighted by atomic mass is 16.5. The zero-order chi connectivity index (χ0) is 13.5. The minimum absolute atomic E-state index is 0.331. The Morgan fingerprint density at radius 1 is 1.47 bits per heavy atom. The van der Waals surface area contributed by atoms with Gasteiger partial charge in [0.15, 0.2) is 0 Å². The summed E-state index contributed by atoms with van der Waals surface area (Å²) in [6.07, 6.45) is 8.20. The van der Waals surface area contributed by atoms with Crippen LogP contribution in [-0.4, -0.2) is 30.5 Å². The van der Waals surface area contributed by atoms with Crippen LogP contribution in [0.15, 0.2) is 23.0 Å². The highest BCUT2D eigenvalue weighted by Gasteiger charge is 2.22. The van der Waals surface area contributed by atoms with Gasteiger partial charge >= 0.3 is 0 Å². The number of furan rings is 1. The Labute approximate surface area is 115 Å². The number of aliphatic hydroxyl groups excluding tert-OH is 1. The highest BCUT2D eigenvalue weighted by Crippen LogP contribution is 2.26. The molecule has 0 aliphatic heterocycles. The lowest BCUT2D eigenvalue weighted by Gasteiger charge is -2.29. The molecule has 1 aliphatic carbocycles. The molecule has 19 heavy (non-hydrogen) atoms. The van der Waals surface area contributed by atoms with Crippen molar-refractivity contribution < 1.29 is 14.3 Å². The van der Waals surface area contributed by atoms with Crippen LogP contribution in [0.25, 0.3) is 0 Å². The molecule has 1 saturated carbocycles. The predicted molar refractivity (Wildman–Crippen MR) is 73.8 cm³/mol. The van der Waals surface area contributed by atoms with Gasteiger partial charge in [-0.2, -0.15) is 0 Å². The van der Waals surface area contributed by atoms with Crippen molar-refractivity contribution >= 4 is 0 Å². The van der Waals surface area contributed by atoms with Gasteiger partial charge < -0.3 is 19.6 Å². The van der Waals surface area contributed by atoms with E-state index in [-0.39, 0.29) is 0 Å². The van der Waals surface area contributed by atoms with Crippen LogP contribution in [0.2, 0.25) is 0 Å². The largest absolute Gasteiger partial charge is 0.472 e. The van der Waals surface area contributed by atoms with E-state index in [0.717, 1.165) is 12.0 Å². The Morgan fingerprint density at radius 2 is 2.32 bits per heavy atom. The standard InChI is InChI=1S/C15H25NO3/c1-12-4-2-3-5-15(12)19-11-14(17)9-16-8-13-6-7-18-10-13/h6-7,10,12,14-17H,2-5,8-9,11H2,1H3. The van der Waals surface area contributed by atoms with Crippen molar-refractivity contribution in [2.24, 2.45) is 5.92 Å². The van der Waals surface area contributed by atoms with Gasteiger partial charge in [-0.25, -0.2) is 0 Å². The van der Waals surface area contributed by atoms with Gasteiger partial charge in [-0.05, 0) is 24.8 Å². The van der Waals surface area contributed by atoms with E-state index in [1.54, 1.807) is 12.5 Å². The fraction of sp³-hybridized carbons (Fsp3) is 0.733. The van der Waals surface area contributed by atoms with Crippen LogP contribution < -0.4 is 5.32 Å². The first-order valence-corrected chi connectivity index (χ1v) is 7.27. The molecule has 4 heteroatoms. The summed E-state index contributed by atoms with van der Waals surface area (Å²) in [5.41, 5.74) is 1.09. The second-order valence-corrected chi connectivity index (χ2v) is 5.55. The topological polar surface area (TPSA) is 54.6 Å². The maximum Gasteiger partial charge on any atom is 0.0947 e. The average Bonchev–Trinajstić information content (AvgIpc) is 2.91. The van der Waals surface area contributed by atoms with E-state index in [1.807, 2.05) is 6.07 Å². The van der Waals surface area contributed by atoms with Crippen LogP contribution >= 0.6 is 0 Å². The van der Waals surface area contributed by atoms with E-state index < -0.39 is 6.10 Å². The molecule has 0 aromatic carbocycles. The van der Waals surface area contributed by atoms with E-state index in [0.29, 0.717) is 31.7 Å². The minimum Gasteiger partial charge on any atom is -0.472 e. The van der Waals surface area contributed by atoms with Gasteiger partial charge in [-0.15, -0.1) is 0 Å². The molecule has 1 aliphatic rings. The van der Waals surface area contributed by atoms with Crippen molar-refractivity contribution in [2.75, 3.05) is 13.2 Å². The molecular weight excluding hydrogens is 242 g/mol. The zero-order valence-corrected chi connectivity index (χ0v) is 11.7. The molecule has 0 radical (unpaired) electrons. The molecule has 1 aromatic heterocycles. The summed E-state index contributed by atoms with van der Waals surface area (Å²) in [5, 5.41) is 13.1. The molecular formula is C15H25NO3. The lowest BCUT2D eigenvalue weighted by molar-refractivity contribution is -0.0452. The number of nitrogens with one attached hydrogen (secondary N) is 1. The summed E-state index contributed by atoms with van der Waals surface area (Å²) in [6, 6.07) is 1.92. The van der Waals surface area contributed by atoms with Gasteiger partial charge in [0.05, 0.1) is 31.3 Å². The Bertz CT molecular complexity index is 339. The molecule has 3 unspecified atom stereocenters. The lowest BCUT2D eigenvalue weighted by atomic mass is 9.88. The molecule has 3 atom stereocenters. The molecule has 0 amide bonds. The first-order valence-electron chi connectivity index (χ1n) is 7.27. The third kappa shape index (κ3) is 4.97. The molecule has 108 valence electrons. The van der Waals surface area contributed by atoms with Gasteiger partial charge in [0, 0.05) is 18.7 Å². The van der Waals surface area contributed by atoms with Crippen molar-refractivity contribution in [3.05, 3.63) is 24.2 Å². The van der Waals surface area contributed by atoms with Crippen LogP contribution in [0.3, 0.4) is 0 Å². The van der Waals surface area contributed by atoms with Gasteiger partial charge in [0.1, 0.15) is 0 Å². The second kappa shape index (κ2) is 7.68. The first kappa shape index (κ1) is 14.6. The van der Waals surface area contributed by atoms with Crippen molar-refractivity contribution in [1.82, 2.24) is 5.32 Å².